The van der Waals surface area contributed by atoms with Crippen LogP contribution in [0, 0.1) is 0 Å². The highest BCUT2D eigenvalue weighted by Gasteiger charge is 2.16. The van der Waals surface area contributed by atoms with Gasteiger partial charge in [-0.15, -0.1) is 0 Å². The van der Waals surface area contributed by atoms with Gasteiger partial charge in [-0.05, 0) is 38.1 Å². The number of carbonyl (C=O) groups is 2. The van der Waals surface area contributed by atoms with Crippen LogP contribution in [0.2, 0.25) is 0 Å². The Morgan fingerprint density at radius 3 is 2.45 bits per heavy atom. The largest absolute Gasteiger partial charge is 0.345 e. The molecule has 0 aromatic heterocycles. The zero-order valence-electron chi connectivity index (χ0n) is 11.9. The van der Waals surface area contributed by atoms with E-state index in [1.165, 1.54) is 0 Å². The number of nitrogens with one attached hydrogen (secondary N) is 2. The van der Waals surface area contributed by atoms with Crippen molar-refractivity contribution in [1.29, 1.82) is 0 Å². The average Bonchev–Trinajstić information content (AvgIpc) is 2.45. The molecule has 0 spiro atoms. The van der Waals surface area contributed by atoms with Crippen LogP contribution in [0.15, 0.2) is 28.7 Å². The van der Waals surface area contributed by atoms with Gasteiger partial charge in [0.05, 0.1) is 12.6 Å². The average molecular weight is 342 g/mol. The minimum atomic E-state index is -0.379. The van der Waals surface area contributed by atoms with Crippen molar-refractivity contribution in [2.24, 2.45) is 0 Å². The van der Waals surface area contributed by atoms with E-state index in [1.807, 2.05) is 19.1 Å². The normalized spacial score (nSPS) is 11.8. The second-order valence-electron chi connectivity index (χ2n) is 4.51. The molecule has 1 atom stereocenters. The third kappa shape index (κ3) is 5.30. The lowest BCUT2D eigenvalue weighted by molar-refractivity contribution is -0.131. The molecular weight excluding hydrogens is 322 g/mol. The summed E-state index contributed by atoms with van der Waals surface area (Å²) in [6.07, 6.45) is 0. The first-order valence-corrected chi connectivity index (χ1v) is 7.27. The molecule has 0 heterocycles. The highest BCUT2D eigenvalue weighted by atomic mass is 79.9. The van der Waals surface area contributed by atoms with Crippen molar-refractivity contribution in [3.63, 3.8) is 0 Å². The Bertz CT molecular complexity index is 462. The highest BCUT2D eigenvalue weighted by molar-refractivity contribution is 9.10. The van der Waals surface area contributed by atoms with Crippen molar-refractivity contribution >= 4 is 33.4 Å². The molecular formula is C14H20BrN3O2. The van der Waals surface area contributed by atoms with E-state index in [0.717, 1.165) is 10.2 Å². The molecule has 1 unspecified atom stereocenters. The number of anilines is 1. The van der Waals surface area contributed by atoms with E-state index in [0.29, 0.717) is 6.54 Å². The quantitative estimate of drug-likeness (QED) is 0.829. The second-order valence-corrected chi connectivity index (χ2v) is 5.43. The van der Waals surface area contributed by atoms with Gasteiger partial charge in [-0.25, -0.2) is 0 Å². The summed E-state index contributed by atoms with van der Waals surface area (Å²) in [5.41, 5.74) is 0.727. The fourth-order valence-electron chi connectivity index (χ4n) is 1.56. The number of hydrogen-bond donors (Lipinski definition) is 2. The van der Waals surface area contributed by atoms with Crippen molar-refractivity contribution in [2.75, 3.05) is 25.5 Å². The predicted molar refractivity (Wildman–Crippen MR) is 83.5 cm³/mol. The van der Waals surface area contributed by atoms with Gasteiger partial charge in [0.1, 0.15) is 0 Å². The van der Waals surface area contributed by atoms with Gasteiger partial charge >= 0.3 is 0 Å². The Kier molecular flexibility index (Phi) is 6.67. The maximum Gasteiger partial charge on any atom is 0.239 e. The van der Waals surface area contributed by atoms with E-state index < -0.39 is 0 Å². The van der Waals surface area contributed by atoms with Crippen LogP contribution < -0.4 is 10.6 Å². The van der Waals surface area contributed by atoms with Gasteiger partial charge in [-0.2, -0.15) is 0 Å². The van der Waals surface area contributed by atoms with Crippen LogP contribution in [0.3, 0.4) is 0 Å². The number of amides is 2. The number of halogens is 1. The molecule has 0 aliphatic heterocycles. The van der Waals surface area contributed by atoms with Crippen LogP contribution >= 0.6 is 15.9 Å². The third-order valence-electron chi connectivity index (χ3n) is 2.92. The Hall–Kier alpha value is -1.40. The van der Waals surface area contributed by atoms with E-state index in [1.54, 1.807) is 31.0 Å². The first-order valence-electron chi connectivity index (χ1n) is 6.47. The zero-order chi connectivity index (χ0) is 15.1. The molecule has 0 radical (unpaired) electrons. The minimum absolute atomic E-state index is 0.0241. The number of carbonyl (C=O) groups excluding carboxylic acids is 2. The van der Waals surface area contributed by atoms with Crippen molar-refractivity contribution < 1.29 is 9.59 Å². The Labute approximate surface area is 127 Å². The number of hydrogen-bond acceptors (Lipinski definition) is 3. The Morgan fingerprint density at radius 1 is 1.30 bits per heavy atom. The van der Waals surface area contributed by atoms with Gasteiger partial charge < -0.3 is 10.2 Å². The number of likely N-dealkylation sites (N-methyl/N-ethyl adjacent to an activating group) is 1. The predicted octanol–water partition coefficient (Wildman–Crippen LogP) is 1.84. The highest BCUT2D eigenvalue weighted by Crippen LogP contribution is 2.13. The molecule has 1 rings (SSSR count). The summed E-state index contributed by atoms with van der Waals surface area (Å²) < 4.78 is 0.954. The second kappa shape index (κ2) is 8.01. The molecule has 2 amide bonds. The maximum absolute atomic E-state index is 11.8. The van der Waals surface area contributed by atoms with Crippen LogP contribution in [-0.4, -0.2) is 42.9 Å². The molecule has 1 aromatic rings. The number of benzene rings is 1. The summed E-state index contributed by atoms with van der Waals surface area (Å²) in [7, 11) is 1.74. The molecule has 0 saturated carbocycles. The van der Waals surface area contributed by atoms with Gasteiger partial charge in [0.25, 0.3) is 0 Å². The SMILES string of the molecule is CCN(C)C(=O)C(C)NCC(=O)Nc1ccc(Br)cc1. The van der Waals surface area contributed by atoms with Gasteiger partial charge in [0.15, 0.2) is 0 Å². The number of nitrogens with zero attached hydrogens (tertiary/aromatic N) is 1. The molecule has 2 N–H and O–H groups in total. The molecule has 0 saturated heterocycles. The van der Waals surface area contributed by atoms with Gasteiger partial charge in [0, 0.05) is 23.8 Å². The van der Waals surface area contributed by atoms with Crippen molar-refractivity contribution in [3.8, 4) is 0 Å². The van der Waals surface area contributed by atoms with E-state index in [-0.39, 0.29) is 24.4 Å². The minimum Gasteiger partial charge on any atom is -0.345 e. The third-order valence-corrected chi connectivity index (χ3v) is 3.45. The molecule has 6 heteroatoms. The van der Waals surface area contributed by atoms with Crippen molar-refractivity contribution in [3.05, 3.63) is 28.7 Å². The fraction of sp³-hybridized carbons (Fsp3) is 0.429. The summed E-state index contributed by atoms with van der Waals surface area (Å²) in [6.45, 7) is 4.41. The van der Waals surface area contributed by atoms with Crippen LogP contribution in [0.1, 0.15) is 13.8 Å². The van der Waals surface area contributed by atoms with Crippen molar-refractivity contribution in [1.82, 2.24) is 10.2 Å². The molecule has 0 aliphatic carbocycles. The molecule has 0 fully saturated rings. The van der Waals surface area contributed by atoms with Crippen LogP contribution in [-0.2, 0) is 9.59 Å². The van der Waals surface area contributed by atoms with Crippen LogP contribution in [0.5, 0.6) is 0 Å². The van der Waals surface area contributed by atoms with Gasteiger partial charge in [0.2, 0.25) is 11.8 Å². The van der Waals surface area contributed by atoms with Crippen LogP contribution in [0.25, 0.3) is 0 Å². The van der Waals surface area contributed by atoms with Gasteiger partial charge in [-0.3, -0.25) is 14.9 Å². The first-order chi connectivity index (χ1) is 9.43. The van der Waals surface area contributed by atoms with Gasteiger partial charge in [-0.1, -0.05) is 15.9 Å². The summed E-state index contributed by atoms with van der Waals surface area (Å²) in [5.74, 6) is -0.199. The lowest BCUT2D eigenvalue weighted by atomic mass is 10.3. The fourth-order valence-corrected chi connectivity index (χ4v) is 1.82. The monoisotopic (exact) mass is 341 g/mol. The standard InChI is InChI=1S/C14H20BrN3O2/c1-4-18(3)14(20)10(2)16-9-13(19)17-12-7-5-11(15)6-8-12/h5-8,10,16H,4,9H2,1-3H3,(H,17,19). The lowest BCUT2D eigenvalue weighted by Gasteiger charge is -2.20. The van der Waals surface area contributed by atoms with E-state index >= 15 is 0 Å². The molecule has 20 heavy (non-hydrogen) atoms. The summed E-state index contributed by atoms with van der Waals surface area (Å²) in [4.78, 5) is 25.2. The molecule has 5 nitrogen and oxygen atoms in total. The summed E-state index contributed by atoms with van der Waals surface area (Å²) in [6, 6.07) is 6.94. The molecule has 1 aromatic carbocycles. The molecule has 110 valence electrons. The first kappa shape index (κ1) is 16.7. The topological polar surface area (TPSA) is 61.4 Å². The van der Waals surface area contributed by atoms with E-state index in [4.69, 9.17) is 0 Å². The Balaban J connectivity index is 2.40. The zero-order valence-corrected chi connectivity index (χ0v) is 13.5. The van der Waals surface area contributed by atoms with Crippen LogP contribution in [0.4, 0.5) is 5.69 Å². The van der Waals surface area contributed by atoms with E-state index in [9.17, 15) is 9.59 Å². The van der Waals surface area contributed by atoms with E-state index in [2.05, 4.69) is 26.6 Å². The number of rotatable bonds is 6. The maximum atomic E-state index is 11.8. The lowest BCUT2D eigenvalue weighted by Crippen LogP contribution is -2.45. The smallest absolute Gasteiger partial charge is 0.239 e. The van der Waals surface area contributed by atoms with Crippen molar-refractivity contribution in [2.45, 2.75) is 19.9 Å². The molecule has 0 bridgehead atoms. The Morgan fingerprint density at radius 2 is 1.90 bits per heavy atom. The summed E-state index contributed by atoms with van der Waals surface area (Å²) in [5, 5.41) is 5.68. The molecule has 0 aliphatic rings. The summed E-state index contributed by atoms with van der Waals surface area (Å²) >= 11 is 3.33.